The molecule has 136 valence electrons. The Hall–Kier alpha value is -3.58. The van der Waals surface area contributed by atoms with Gasteiger partial charge in [0, 0.05) is 30.0 Å². The summed E-state index contributed by atoms with van der Waals surface area (Å²) in [4.78, 5) is 21.0. The van der Waals surface area contributed by atoms with E-state index in [1.165, 1.54) is 10.8 Å². The first kappa shape index (κ1) is 16.6. The maximum absolute atomic E-state index is 11.0. The molecule has 3 aromatic carbocycles. The zero-order valence-corrected chi connectivity index (χ0v) is 15.7. The molecule has 0 saturated heterocycles. The maximum atomic E-state index is 11.0. The van der Waals surface area contributed by atoms with Gasteiger partial charge in [-0.05, 0) is 36.4 Å². The quantitative estimate of drug-likeness (QED) is 0.241. The molecule has 0 bridgehead atoms. The number of fused-ring (bicyclic) bond motifs is 3. The number of non-ortho nitro benzene ring substituents is 1. The van der Waals surface area contributed by atoms with Gasteiger partial charge in [0.15, 0.2) is 4.80 Å². The van der Waals surface area contributed by atoms with Crippen LogP contribution < -0.4 is 4.80 Å². The van der Waals surface area contributed by atoms with Crippen LogP contribution >= 0.6 is 11.3 Å². The largest absolute Gasteiger partial charge is 0.320 e. The van der Waals surface area contributed by atoms with Crippen LogP contribution in [0.3, 0.4) is 0 Å². The third-order valence-electron chi connectivity index (χ3n) is 4.73. The summed E-state index contributed by atoms with van der Waals surface area (Å²) in [6, 6.07) is 20.7. The minimum atomic E-state index is -0.392. The van der Waals surface area contributed by atoms with E-state index in [9.17, 15) is 10.1 Å². The second-order valence-corrected chi connectivity index (χ2v) is 7.53. The molecule has 0 unspecified atom stereocenters. The highest BCUT2D eigenvalue weighted by Gasteiger charge is 2.08. The lowest BCUT2D eigenvalue weighted by Crippen LogP contribution is -2.08. The molecule has 7 heteroatoms. The third kappa shape index (κ3) is 2.73. The average molecular weight is 386 g/mol. The fourth-order valence-corrected chi connectivity index (χ4v) is 4.33. The number of hydrogen-bond donors (Lipinski definition) is 0. The summed E-state index contributed by atoms with van der Waals surface area (Å²) < 4.78 is 3.27. The van der Waals surface area contributed by atoms with Crippen LogP contribution in [0.2, 0.25) is 0 Å². The fraction of sp³-hybridized carbons (Fsp3) is 0.0476. The van der Waals surface area contributed by atoms with Crippen LogP contribution in [0.25, 0.3) is 32.0 Å². The van der Waals surface area contributed by atoms with Gasteiger partial charge in [0.25, 0.3) is 5.69 Å². The number of nitro benzene ring substituents is 1. The summed E-state index contributed by atoms with van der Waals surface area (Å²) in [5.41, 5.74) is 3.58. The number of para-hydroxylation sites is 1. The Labute approximate surface area is 163 Å². The Bertz CT molecular complexity index is 1470. The predicted octanol–water partition coefficient (Wildman–Crippen LogP) is 5.08. The number of rotatable bonds is 2. The molecule has 0 spiro atoms. The molecule has 0 N–H and O–H groups in total. The first-order chi connectivity index (χ1) is 13.6. The Morgan fingerprint density at radius 2 is 1.86 bits per heavy atom. The molecule has 0 fully saturated rings. The zero-order valence-electron chi connectivity index (χ0n) is 14.9. The summed E-state index contributed by atoms with van der Waals surface area (Å²) in [7, 11) is 2.01. The standard InChI is InChI=1S/C21H14N4O2S/c1-24-19-4-2-3-5-20(19)28-21(24)22-15-7-6-13-10-14-11-16(25(26)27)8-9-17(14)23-18(13)12-15/h2-12H,1H3. The van der Waals surface area contributed by atoms with E-state index in [0.717, 1.165) is 37.8 Å². The van der Waals surface area contributed by atoms with Crippen LogP contribution in [0.15, 0.2) is 71.7 Å². The Morgan fingerprint density at radius 3 is 2.68 bits per heavy atom. The third-order valence-corrected chi connectivity index (χ3v) is 5.84. The number of nitro groups is 1. The minimum Gasteiger partial charge on any atom is -0.320 e. The van der Waals surface area contributed by atoms with E-state index in [4.69, 9.17) is 4.99 Å². The van der Waals surface area contributed by atoms with Crippen LogP contribution in [-0.4, -0.2) is 14.5 Å². The number of nitrogens with zero attached hydrogens (tertiary/aromatic N) is 4. The number of hydrogen-bond acceptors (Lipinski definition) is 5. The van der Waals surface area contributed by atoms with Gasteiger partial charge in [-0.3, -0.25) is 10.1 Å². The monoisotopic (exact) mass is 386 g/mol. The average Bonchev–Trinajstić information content (AvgIpc) is 3.01. The van der Waals surface area contributed by atoms with Gasteiger partial charge < -0.3 is 4.57 Å². The normalized spacial score (nSPS) is 12.2. The molecule has 0 amide bonds. The van der Waals surface area contributed by atoms with Gasteiger partial charge >= 0.3 is 0 Å². The summed E-state index contributed by atoms with van der Waals surface area (Å²) in [5.74, 6) is 0. The Kier molecular flexibility index (Phi) is 3.70. The van der Waals surface area contributed by atoms with E-state index in [0.29, 0.717) is 0 Å². The Balaban J connectivity index is 1.66. The molecule has 0 aliphatic carbocycles. The lowest BCUT2D eigenvalue weighted by molar-refractivity contribution is -0.384. The van der Waals surface area contributed by atoms with E-state index in [-0.39, 0.29) is 5.69 Å². The van der Waals surface area contributed by atoms with Crippen molar-refractivity contribution >= 4 is 54.7 Å². The molecule has 2 heterocycles. The molecule has 0 aliphatic rings. The molecule has 28 heavy (non-hydrogen) atoms. The molecule has 2 aromatic heterocycles. The van der Waals surface area contributed by atoms with Gasteiger partial charge in [0.1, 0.15) is 0 Å². The highest BCUT2D eigenvalue weighted by Crippen LogP contribution is 2.26. The molecular weight excluding hydrogens is 372 g/mol. The summed E-state index contributed by atoms with van der Waals surface area (Å²) >= 11 is 1.64. The molecular formula is C21H14N4O2S. The number of aryl methyl sites for hydroxylation is 1. The van der Waals surface area contributed by atoms with Crippen molar-refractivity contribution in [3.05, 3.63) is 81.6 Å². The van der Waals surface area contributed by atoms with Crippen molar-refractivity contribution < 1.29 is 4.92 Å². The van der Waals surface area contributed by atoms with Gasteiger partial charge in [-0.1, -0.05) is 29.5 Å². The van der Waals surface area contributed by atoms with Crippen molar-refractivity contribution in [2.75, 3.05) is 0 Å². The van der Waals surface area contributed by atoms with E-state index in [2.05, 4.69) is 21.7 Å². The van der Waals surface area contributed by atoms with Crippen LogP contribution in [-0.2, 0) is 7.05 Å². The van der Waals surface area contributed by atoms with Gasteiger partial charge in [0.2, 0.25) is 0 Å². The molecule has 0 radical (unpaired) electrons. The molecule has 5 rings (SSSR count). The predicted molar refractivity (Wildman–Crippen MR) is 112 cm³/mol. The van der Waals surface area contributed by atoms with Crippen molar-refractivity contribution in [3.63, 3.8) is 0 Å². The van der Waals surface area contributed by atoms with Crippen molar-refractivity contribution in [2.24, 2.45) is 12.0 Å². The molecule has 0 atom stereocenters. The fourth-order valence-electron chi connectivity index (χ4n) is 3.29. The Morgan fingerprint density at radius 1 is 1.00 bits per heavy atom. The minimum absolute atomic E-state index is 0.0672. The first-order valence-corrected chi connectivity index (χ1v) is 9.48. The lowest BCUT2D eigenvalue weighted by atomic mass is 10.1. The molecule has 6 nitrogen and oxygen atoms in total. The van der Waals surface area contributed by atoms with Crippen LogP contribution in [0.5, 0.6) is 0 Å². The number of pyridine rings is 1. The molecule has 0 aliphatic heterocycles. The summed E-state index contributed by atoms with van der Waals surface area (Å²) in [6.45, 7) is 0. The number of benzene rings is 3. The lowest BCUT2D eigenvalue weighted by Gasteiger charge is -2.03. The van der Waals surface area contributed by atoms with Gasteiger partial charge in [-0.15, -0.1) is 0 Å². The summed E-state index contributed by atoms with van der Waals surface area (Å²) in [6.07, 6.45) is 0. The highest BCUT2D eigenvalue weighted by atomic mass is 32.1. The second-order valence-electron chi connectivity index (χ2n) is 6.52. The summed E-state index contributed by atoms with van der Waals surface area (Å²) in [5, 5.41) is 12.7. The van der Waals surface area contributed by atoms with Crippen molar-refractivity contribution in [1.29, 1.82) is 0 Å². The van der Waals surface area contributed by atoms with E-state index in [1.807, 2.05) is 43.4 Å². The van der Waals surface area contributed by atoms with Crippen LogP contribution in [0, 0.1) is 10.1 Å². The SMILES string of the molecule is Cn1c(=Nc2ccc3cc4cc([N+](=O)[O-])ccc4nc3c2)sc2ccccc21. The molecule has 5 aromatic rings. The highest BCUT2D eigenvalue weighted by molar-refractivity contribution is 7.16. The van der Waals surface area contributed by atoms with Crippen LogP contribution in [0.1, 0.15) is 0 Å². The zero-order chi connectivity index (χ0) is 19.3. The van der Waals surface area contributed by atoms with Crippen molar-refractivity contribution in [3.8, 4) is 0 Å². The van der Waals surface area contributed by atoms with Crippen LogP contribution in [0.4, 0.5) is 11.4 Å². The van der Waals surface area contributed by atoms with E-state index < -0.39 is 4.92 Å². The van der Waals surface area contributed by atoms with Gasteiger partial charge in [-0.25, -0.2) is 9.98 Å². The molecule has 0 saturated carbocycles. The number of aromatic nitrogens is 2. The van der Waals surface area contributed by atoms with E-state index >= 15 is 0 Å². The van der Waals surface area contributed by atoms with Crippen molar-refractivity contribution in [1.82, 2.24) is 9.55 Å². The smallest absolute Gasteiger partial charge is 0.270 e. The maximum Gasteiger partial charge on any atom is 0.270 e. The second kappa shape index (κ2) is 6.24. The van der Waals surface area contributed by atoms with Gasteiger partial charge in [-0.2, -0.15) is 0 Å². The number of thiazole rings is 1. The van der Waals surface area contributed by atoms with E-state index in [1.54, 1.807) is 23.5 Å². The van der Waals surface area contributed by atoms with Crippen molar-refractivity contribution in [2.45, 2.75) is 0 Å². The topological polar surface area (TPSA) is 73.3 Å². The first-order valence-electron chi connectivity index (χ1n) is 8.67. The van der Waals surface area contributed by atoms with Gasteiger partial charge in [0.05, 0.1) is 31.9 Å².